The van der Waals surface area contributed by atoms with Crippen LogP contribution in [0.25, 0.3) is 0 Å². The fraction of sp³-hybridized carbons (Fsp3) is 0.619. The Balaban J connectivity index is 1.46. The lowest BCUT2D eigenvalue weighted by molar-refractivity contribution is -0.139. The number of halogens is 1. The van der Waals surface area contributed by atoms with E-state index in [1.54, 1.807) is 0 Å². The SMILES string of the molecule is O=C(NCCc1ccccc1Cl)[C@H]1CCC(=O)N(CC2CCCCC2)C1. The molecule has 26 heavy (non-hydrogen) atoms. The number of likely N-dealkylation sites (tertiary alicyclic amines) is 1. The molecule has 0 spiro atoms. The van der Waals surface area contributed by atoms with Gasteiger partial charge in [0.1, 0.15) is 0 Å². The molecule has 1 atom stereocenters. The van der Waals surface area contributed by atoms with E-state index in [1.165, 1.54) is 32.1 Å². The van der Waals surface area contributed by atoms with Crippen LogP contribution in [-0.2, 0) is 16.0 Å². The molecule has 1 aromatic rings. The molecule has 1 saturated heterocycles. The van der Waals surface area contributed by atoms with Gasteiger partial charge in [-0.3, -0.25) is 9.59 Å². The molecule has 2 amide bonds. The number of hydrogen-bond donors (Lipinski definition) is 1. The molecule has 0 unspecified atom stereocenters. The van der Waals surface area contributed by atoms with Gasteiger partial charge in [-0.1, -0.05) is 49.1 Å². The molecule has 4 nitrogen and oxygen atoms in total. The first-order chi connectivity index (χ1) is 12.6. The largest absolute Gasteiger partial charge is 0.355 e. The minimum absolute atomic E-state index is 0.0678. The van der Waals surface area contributed by atoms with Crippen LogP contribution in [-0.4, -0.2) is 36.3 Å². The van der Waals surface area contributed by atoms with Crippen molar-refractivity contribution in [2.75, 3.05) is 19.6 Å². The fourth-order valence-corrected chi connectivity index (χ4v) is 4.38. The number of carbonyl (C=O) groups excluding carboxylic acids is 2. The number of nitrogens with zero attached hydrogens (tertiary/aromatic N) is 1. The predicted octanol–water partition coefficient (Wildman–Crippen LogP) is 3.82. The van der Waals surface area contributed by atoms with Crippen molar-refractivity contribution in [2.45, 2.75) is 51.4 Å². The minimum Gasteiger partial charge on any atom is -0.355 e. The number of rotatable bonds is 6. The Morgan fingerprint density at radius 3 is 2.69 bits per heavy atom. The number of nitrogens with one attached hydrogen (secondary N) is 1. The molecule has 1 aliphatic heterocycles. The molecule has 1 heterocycles. The highest BCUT2D eigenvalue weighted by Gasteiger charge is 2.31. The third-order valence-corrected chi connectivity index (χ3v) is 6.09. The average molecular weight is 377 g/mol. The maximum atomic E-state index is 12.5. The second kappa shape index (κ2) is 9.40. The second-order valence-corrected chi connectivity index (χ2v) is 8.08. The summed E-state index contributed by atoms with van der Waals surface area (Å²) >= 11 is 6.16. The van der Waals surface area contributed by atoms with Gasteiger partial charge in [0.05, 0.1) is 5.92 Å². The van der Waals surface area contributed by atoms with E-state index in [2.05, 4.69) is 5.32 Å². The second-order valence-electron chi connectivity index (χ2n) is 7.67. The third-order valence-electron chi connectivity index (χ3n) is 5.73. The van der Waals surface area contributed by atoms with Crippen LogP contribution in [0.2, 0.25) is 5.02 Å². The smallest absolute Gasteiger partial charge is 0.224 e. The van der Waals surface area contributed by atoms with Gasteiger partial charge in [0.2, 0.25) is 11.8 Å². The van der Waals surface area contributed by atoms with Gasteiger partial charge >= 0.3 is 0 Å². The van der Waals surface area contributed by atoms with Crippen molar-refractivity contribution >= 4 is 23.4 Å². The Morgan fingerprint density at radius 2 is 1.92 bits per heavy atom. The van der Waals surface area contributed by atoms with E-state index in [9.17, 15) is 9.59 Å². The Morgan fingerprint density at radius 1 is 1.15 bits per heavy atom. The number of hydrogen-bond acceptors (Lipinski definition) is 2. The van der Waals surface area contributed by atoms with Gasteiger partial charge in [-0.2, -0.15) is 0 Å². The molecule has 0 bridgehead atoms. The topological polar surface area (TPSA) is 49.4 Å². The van der Waals surface area contributed by atoms with E-state index < -0.39 is 0 Å². The molecule has 142 valence electrons. The van der Waals surface area contributed by atoms with Crippen LogP contribution in [0.3, 0.4) is 0 Å². The highest BCUT2D eigenvalue weighted by molar-refractivity contribution is 6.31. The maximum absolute atomic E-state index is 12.5. The Bertz CT molecular complexity index is 628. The summed E-state index contributed by atoms with van der Waals surface area (Å²) in [7, 11) is 0. The van der Waals surface area contributed by atoms with E-state index in [1.807, 2.05) is 29.2 Å². The van der Waals surface area contributed by atoms with Gasteiger partial charge < -0.3 is 10.2 Å². The number of carbonyl (C=O) groups is 2. The molecule has 1 N–H and O–H groups in total. The monoisotopic (exact) mass is 376 g/mol. The number of amides is 2. The molecule has 1 aliphatic carbocycles. The van der Waals surface area contributed by atoms with Crippen LogP contribution in [0.5, 0.6) is 0 Å². The molecule has 0 radical (unpaired) electrons. The Labute approximate surface area is 161 Å². The van der Waals surface area contributed by atoms with E-state index in [4.69, 9.17) is 11.6 Å². The van der Waals surface area contributed by atoms with Gasteiger partial charge in [-0.05, 0) is 43.2 Å². The molecule has 0 aromatic heterocycles. The van der Waals surface area contributed by atoms with Gasteiger partial charge in [0, 0.05) is 31.1 Å². The quantitative estimate of drug-likeness (QED) is 0.820. The van der Waals surface area contributed by atoms with E-state index in [-0.39, 0.29) is 17.7 Å². The zero-order chi connectivity index (χ0) is 18.4. The van der Waals surface area contributed by atoms with Gasteiger partial charge in [-0.15, -0.1) is 0 Å². The number of benzene rings is 1. The lowest BCUT2D eigenvalue weighted by Gasteiger charge is -2.35. The fourth-order valence-electron chi connectivity index (χ4n) is 4.15. The van der Waals surface area contributed by atoms with Crippen LogP contribution >= 0.6 is 11.6 Å². The van der Waals surface area contributed by atoms with Crippen LogP contribution in [0, 0.1) is 11.8 Å². The highest BCUT2D eigenvalue weighted by atomic mass is 35.5. The van der Waals surface area contributed by atoms with Gasteiger partial charge in [0.15, 0.2) is 0 Å². The summed E-state index contributed by atoms with van der Waals surface area (Å²) in [5.74, 6) is 0.825. The van der Waals surface area contributed by atoms with Gasteiger partial charge in [0.25, 0.3) is 0 Å². The van der Waals surface area contributed by atoms with E-state index >= 15 is 0 Å². The summed E-state index contributed by atoms with van der Waals surface area (Å²) in [5.41, 5.74) is 1.05. The molecule has 1 saturated carbocycles. The standard InChI is InChI=1S/C21H29ClN2O2/c22-19-9-5-4-8-17(19)12-13-23-21(26)18-10-11-20(25)24(15-18)14-16-6-2-1-3-7-16/h4-5,8-9,16,18H,1-3,6-7,10-15H2,(H,23,26)/t18-/m0/s1. The van der Waals surface area contributed by atoms with Crippen LogP contribution < -0.4 is 5.32 Å². The number of piperidine rings is 1. The van der Waals surface area contributed by atoms with E-state index in [0.29, 0.717) is 31.8 Å². The van der Waals surface area contributed by atoms with Crippen molar-refractivity contribution in [1.29, 1.82) is 0 Å². The summed E-state index contributed by atoms with van der Waals surface area (Å²) in [5, 5.41) is 3.77. The molecule has 5 heteroatoms. The zero-order valence-electron chi connectivity index (χ0n) is 15.4. The lowest BCUT2D eigenvalue weighted by Crippen LogP contribution is -2.47. The van der Waals surface area contributed by atoms with Crippen molar-refractivity contribution in [1.82, 2.24) is 10.2 Å². The van der Waals surface area contributed by atoms with Crippen LogP contribution in [0.1, 0.15) is 50.5 Å². The first kappa shape index (κ1) is 19.2. The molecule has 2 fully saturated rings. The normalized spacial score (nSPS) is 21.7. The minimum atomic E-state index is -0.0810. The third kappa shape index (κ3) is 5.23. The van der Waals surface area contributed by atoms with Crippen LogP contribution in [0.15, 0.2) is 24.3 Å². The highest BCUT2D eigenvalue weighted by Crippen LogP contribution is 2.27. The van der Waals surface area contributed by atoms with Crippen molar-refractivity contribution in [2.24, 2.45) is 11.8 Å². The molecule has 2 aliphatic rings. The van der Waals surface area contributed by atoms with Crippen molar-refractivity contribution < 1.29 is 9.59 Å². The van der Waals surface area contributed by atoms with Gasteiger partial charge in [-0.25, -0.2) is 0 Å². The average Bonchev–Trinajstić information content (AvgIpc) is 2.66. The zero-order valence-corrected chi connectivity index (χ0v) is 16.1. The summed E-state index contributed by atoms with van der Waals surface area (Å²) in [4.78, 5) is 26.7. The molecular formula is C21H29ClN2O2. The van der Waals surface area contributed by atoms with Crippen molar-refractivity contribution in [3.8, 4) is 0 Å². The maximum Gasteiger partial charge on any atom is 0.224 e. The Hall–Kier alpha value is -1.55. The molecular weight excluding hydrogens is 348 g/mol. The Kier molecular flexibility index (Phi) is 6.95. The summed E-state index contributed by atoms with van der Waals surface area (Å²) < 4.78 is 0. The molecule has 3 rings (SSSR count). The predicted molar refractivity (Wildman–Crippen MR) is 104 cm³/mol. The first-order valence-electron chi connectivity index (χ1n) is 9.92. The van der Waals surface area contributed by atoms with Crippen LogP contribution in [0.4, 0.5) is 0 Å². The lowest BCUT2D eigenvalue weighted by atomic mass is 9.87. The summed E-state index contributed by atoms with van der Waals surface area (Å²) in [6.45, 7) is 1.99. The van der Waals surface area contributed by atoms with Crippen molar-refractivity contribution in [3.05, 3.63) is 34.9 Å². The first-order valence-corrected chi connectivity index (χ1v) is 10.3. The summed E-state index contributed by atoms with van der Waals surface area (Å²) in [6, 6.07) is 7.72. The summed E-state index contributed by atoms with van der Waals surface area (Å²) in [6.07, 6.45) is 8.20. The van der Waals surface area contributed by atoms with Crippen molar-refractivity contribution in [3.63, 3.8) is 0 Å². The molecule has 1 aromatic carbocycles. The van der Waals surface area contributed by atoms with E-state index in [0.717, 1.165) is 23.6 Å².